The van der Waals surface area contributed by atoms with Crippen LogP contribution < -0.4 is 10.6 Å². The Bertz CT molecular complexity index is 647. The van der Waals surface area contributed by atoms with Crippen LogP contribution in [0.5, 0.6) is 0 Å². The third kappa shape index (κ3) is 5.70. The van der Waals surface area contributed by atoms with E-state index in [1.165, 1.54) is 0 Å². The summed E-state index contributed by atoms with van der Waals surface area (Å²) in [5, 5.41) is 6.05. The Balaban J connectivity index is 1.73. The lowest BCUT2D eigenvalue weighted by molar-refractivity contribution is -0.121. The van der Waals surface area contributed by atoms with Gasteiger partial charge in [0.25, 0.3) is 0 Å². The third-order valence-electron chi connectivity index (χ3n) is 3.42. The van der Waals surface area contributed by atoms with Crippen LogP contribution in [0, 0.1) is 11.6 Å². The number of anilines is 1. The molecule has 0 aliphatic carbocycles. The Labute approximate surface area is 134 Å². The van der Waals surface area contributed by atoms with Crippen LogP contribution in [0.15, 0.2) is 48.5 Å². The number of nitrogens with one attached hydrogen (secondary N) is 2. The zero-order chi connectivity index (χ0) is 16.7. The summed E-state index contributed by atoms with van der Waals surface area (Å²) in [6, 6.07) is 13.0. The van der Waals surface area contributed by atoms with E-state index in [2.05, 4.69) is 10.6 Å². The molecule has 0 saturated carbocycles. The van der Waals surface area contributed by atoms with Gasteiger partial charge in [-0.3, -0.25) is 4.79 Å². The molecule has 0 unspecified atom stereocenters. The topological polar surface area (TPSA) is 41.1 Å². The Morgan fingerprint density at radius 1 is 1.13 bits per heavy atom. The Hall–Kier alpha value is -2.43. The summed E-state index contributed by atoms with van der Waals surface area (Å²) in [7, 11) is 0. The van der Waals surface area contributed by atoms with Crippen molar-refractivity contribution in [1.29, 1.82) is 0 Å². The number of hydrogen-bond acceptors (Lipinski definition) is 2. The molecule has 122 valence electrons. The molecule has 2 rings (SSSR count). The van der Waals surface area contributed by atoms with E-state index < -0.39 is 11.6 Å². The zero-order valence-corrected chi connectivity index (χ0v) is 13.0. The summed E-state index contributed by atoms with van der Waals surface area (Å²) in [6.45, 7) is 2.42. The van der Waals surface area contributed by atoms with Gasteiger partial charge in [0, 0.05) is 24.7 Å². The van der Waals surface area contributed by atoms with Gasteiger partial charge in [0.1, 0.15) is 11.6 Å². The highest BCUT2D eigenvalue weighted by Gasteiger charge is 2.09. The summed E-state index contributed by atoms with van der Waals surface area (Å²) in [6.07, 6.45) is 0.300. The van der Waals surface area contributed by atoms with Crippen molar-refractivity contribution in [3.8, 4) is 0 Å². The molecule has 0 saturated heterocycles. The second kappa shape index (κ2) is 8.27. The number of para-hydroxylation sites is 1. The first-order chi connectivity index (χ1) is 11.0. The molecule has 3 nitrogen and oxygen atoms in total. The Morgan fingerprint density at radius 2 is 1.87 bits per heavy atom. The fraction of sp³-hybridized carbons (Fsp3) is 0.278. The highest BCUT2D eigenvalue weighted by Crippen LogP contribution is 2.11. The van der Waals surface area contributed by atoms with E-state index in [0.717, 1.165) is 23.9 Å². The van der Waals surface area contributed by atoms with Gasteiger partial charge in [-0.1, -0.05) is 18.2 Å². The van der Waals surface area contributed by atoms with Crippen LogP contribution in [0.1, 0.15) is 18.9 Å². The normalized spacial score (nSPS) is 11.8. The Kier molecular flexibility index (Phi) is 6.09. The van der Waals surface area contributed by atoms with Crippen molar-refractivity contribution >= 4 is 11.6 Å². The SMILES string of the molecule is C[C@H](CNC(=O)CCc1cc(F)ccc1F)Nc1ccccc1. The molecular formula is C18H20F2N2O. The molecule has 0 fully saturated rings. The van der Waals surface area contributed by atoms with E-state index in [1.54, 1.807) is 0 Å². The minimum Gasteiger partial charge on any atom is -0.381 e. The van der Waals surface area contributed by atoms with Crippen molar-refractivity contribution in [3.05, 3.63) is 65.7 Å². The van der Waals surface area contributed by atoms with Crippen molar-refractivity contribution < 1.29 is 13.6 Å². The second-order valence-corrected chi connectivity index (χ2v) is 5.45. The molecule has 5 heteroatoms. The molecule has 0 aliphatic heterocycles. The van der Waals surface area contributed by atoms with Crippen molar-refractivity contribution in [1.82, 2.24) is 5.32 Å². The second-order valence-electron chi connectivity index (χ2n) is 5.45. The van der Waals surface area contributed by atoms with Crippen LogP contribution in [-0.2, 0) is 11.2 Å². The first-order valence-corrected chi connectivity index (χ1v) is 7.57. The van der Waals surface area contributed by atoms with Crippen LogP contribution >= 0.6 is 0 Å². The predicted molar refractivity (Wildman–Crippen MR) is 87.2 cm³/mol. The van der Waals surface area contributed by atoms with Gasteiger partial charge in [-0.15, -0.1) is 0 Å². The standard InChI is InChI=1S/C18H20F2N2O/c1-13(22-16-5-3-2-4-6-16)12-21-18(23)10-7-14-11-15(19)8-9-17(14)20/h2-6,8-9,11,13,22H,7,10,12H2,1H3,(H,21,23)/t13-/m1/s1. The molecule has 0 spiro atoms. The zero-order valence-electron chi connectivity index (χ0n) is 13.0. The molecule has 2 N–H and O–H groups in total. The van der Waals surface area contributed by atoms with Crippen LogP contribution in [0.25, 0.3) is 0 Å². The van der Waals surface area contributed by atoms with E-state index >= 15 is 0 Å². The van der Waals surface area contributed by atoms with Gasteiger partial charge in [-0.2, -0.15) is 0 Å². The summed E-state index contributed by atoms with van der Waals surface area (Å²) in [5.41, 5.74) is 1.20. The maximum Gasteiger partial charge on any atom is 0.220 e. The number of benzene rings is 2. The van der Waals surface area contributed by atoms with E-state index in [-0.39, 0.29) is 30.4 Å². The van der Waals surface area contributed by atoms with E-state index in [0.29, 0.717) is 6.54 Å². The molecule has 0 heterocycles. The highest BCUT2D eigenvalue weighted by atomic mass is 19.1. The van der Waals surface area contributed by atoms with Gasteiger partial charge in [-0.25, -0.2) is 8.78 Å². The minimum atomic E-state index is -0.498. The number of carbonyl (C=O) groups is 1. The van der Waals surface area contributed by atoms with Crippen LogP contribution in [0.3, 0.4) is 0 Å². The first-order valence-electron chi connectivity index (χ1n) is 7.57. The number of hydrogen-bond donors (Lipinski definition) is 2. The molecule has 0 aliphatic rings. The minimum absolute atomic E-state index is 0.0623. The van der Waals surface area contributed by atoms with Crippen LogP contribution in [0.2, 0.25) is 0 Å². The van der Waals surface area contributed by atoms with Gasteiger partial charge in [0.05, 0.1) is 0 Å². The molecule has 1 amide bonds. The molecule has 0 bridgehead atoms. The molecule has 2 aromatic rings. The van der Waals surface area contributed by atoms with Crippen molar-refractivity contribution in [2.75, 3.05) is 11.9 Å². The van der Waals surface area contributed by atoms with Gasteiger partial charge in [0.15, 0.2) is 0 Å². The maximum atomic E-state index is 13.5. The first kappa shape index (κ1) is 16.9. The Morgan fingerprint density at radius 3 is 2.61 bits per heavy atom. The molecular weight excluding hydrogens is 298 g/mol. The van der Waals surface area contributed by atoms with Gasteiger partial charge in [-0.05, 0) is 49.2 Å². The molecule has 0 aromatic heterocycles. The van der Waals surface area contributed by atoms with E-state index in [4.69, 9.17) is 0 Å². The van der Waals surface area contributed by atoms with Crippen LogP contribution in [0.4, 0.5) is 14.5 Å². The van der Waals surface area contributed by atoms with Crippen LogP contribution in [-0.4, -0.2) is 18.5 Å². The smallest absolute Gasteiger partial charge is 0.220 e. The fourth-order valence-corrected chi connectivity index (χ4v) is 2.21. The molecule has 2 aromatic carbocycles. The van der Waals surface area contributed by atoms with Gasteiger partial charge >= 0.3 is 0 Å². The number of carbonyl (C=O) groups excluding carboxylic acids is 1. The average molecular weight is 318 g/mol. The van der Waals surface area contributed by atoms with Crippen molar-refractivity contribution in [3.63, 3.8) is 0 Å². The average Bonchev–Trinajstić information content (AvgIpc) is 2.54. The largest absolute Gasteiger partial charge is 0.381 e. The summed E-state index contributed by atoms with van der Waals surface area (Å²) >= 11 is 0. The highest BCUT2D eigenvalue weighted by molar-refractivity contribution is 5.76. The molecule has 0 radical (unpaired) electrons. The summed E-state index contributed by atoms with van der Waals surface area (Å²) in [4.78, 5) is 11.8. The number of halogens is 2. The molecule has 1 atom stereocenters. The fourth-order valence-electron chi connectivity index (χ4n) is 2.21. The van der Waals surface area contributed by atoms with E-state index in [1.807, 2.05) is 37.3 Å². The number of amides is 1. The van der Waals surface area contributed by atoms with Gasteiger partial charge < -0.3 is 10.6 Å². The number of rotatable bonds is 7. The van der Waals surface area contributed by atoms with Gasteiger partial charge in [0.2, 0.25) is 5.91 Å². The number of aryl methyl sites for hydroxylation is 1. The lowest BCUT2D eigenvalue weighted by atomic mass is 10.1. The predicted octanol–water partition coefficient (Wildman–Crippen LogP) is 3.51. The lowest BCUT2D eigenvalue weighted by Gasteiger charge is -2.16. The van der Waals surface area contributed by atoms with Crippen molar-refractivity contribution in [2.24, 2.45) is 0 Å². The van der Waals surface area contributed by atoms with E-state index in [9.17, 15) is 13.6 Å². The molecule has 23 heavy (non-hydrogen) atoms. The van der Waals surface area contributed by atoms with Crippen molar-refractivity contribution in [2.45, 2.75) is 25.8 Å². The quantitative estimate of drug-likeness (QED) is 0.820. The monoisotopic (exact) mass is 318 g/mol. The lowest BCUT2D eigenvalue weighted by Crippen LogP contribution is -2.34. The summed E-state index contributed by atoms with van der Waals surface area (Å²) in [5.74, 6) is -1.17. The maximum absolute atomic E-state index is 13.5. The summed E-state index contributed by atoms with van der Waals surface area (Å²) < 4.78 is 26.5. The third-order valence-corrected chi connectivity index (χ3v) is 3.42.